The first-order valence-electron chi connectivity index (χ1n) is 10.0. The van der Waals surface area contributed by atoms with Gasteiger partial charge >= 0.3 is 12.4 Å². The zero-order chi connectivity index (χ0) is 24.5. The van der Waals surface area contributed by atoms with Gasteiger partial charge in [0.2, 0.25) is 17.8 Å². The van der Waals surface area contributed by atoms with Crippen molar-refractivity contribution in [3.05, 3.63) is 59.7 Å². The number of nitrogens with one attached hydrogen (secondary N) is 2. The SMILES string of the molecule is O[C@H]1CCN(c2nc(Nc3cccc(C(F)(F)F)c3)nc(Nc3cccc(C(F)(F)F)c3)n2)C1. The van der Waals surface area contributed by atoms with E-state index in [2.05, 4.69) is 25.6 Å². The minimum absolute atomic E-state index is 0.0541. The first-order chi connectivity index (χ1) is 16.0. The van der Waals surface area contributed by atoms with Gasteiger partial charge in [-0.15, -0.1) is 0 Å². The highest BCUT2D eigenvalue weighted by atomic mass is 19.4. The van der Waals surface area contributed by atoms with E-state index < -0.39 is 29.6 Å². The van der Waals surface area contributed by atoms with Crippen molar-refractivity contribution in [3.63, 3.8) is 0 Å². The molecule has 2 heterocycles. The summed E-state index contributed by atoms with van der Waals surface area (Å²) in [5.74, 6) is -0.143. The molecule has 1 aromatic heterocycles. The number of hydrogen-bond acceptors (Lipinski definition) is 7. The van der Waals surface area contributed by atoms with E-state index >= 15 is 0 Å². The molecular weight excluding hydrogens is 466 g/mol. The third kappa shape index (κ3) is 5.65. The van der Waals surface area contributed by atoms with Gasteiger partial charge in [0, 0.05) is 24.5 Å². The van der Waals surface area contributed by atoms with Crippen molar-refractivity contribution in [1.29, 1.82) is 0 Å². The van der Waals surface area contributed by atoms with Gasteiger partial charge < -0.3 is 20.6 Å². The lowest BCUT2D eigenvalue weighted by molar-refractivity contribution is -0.138. The van der Waals surface area contributed by atoms with Crippen LogP contribution in [-0.2, 0) is 12.4 Å². The molecule has 1 fully saturated rings. The van der Waals surface area contributed by atoms with Crippen molar-refractivity contribution in [2.24, 2.45) is 0 Å². The van der Waals surface area contributed by atoms with Gasteiger partial charge in [0.05, 0.1) is 17.2 Å². The highest BCUT2D eigenvalue weighted by Crippen LogP contribution is 2.33. The fraction of sp³-hybridized carbons (Fsp3) is 0.286. The Labute approximate surface area is 189 Å². The van der Waals surface area contributed by atoms with Crippen molar-refractivity contribution < 1.29 is 31.4 Å². The molecule has 0 aliphatic carbocycles. The fourth-order valence-electron chi connectivity index (χ4n) is 3.35. The van der Waals surface area contributed by atoms with Gasteiger partial charge in [-0.1, -0.05) is 12.1 Å². The summed E-state index contributed by atoms with van der Waals surface area (Å²) in [5.41, 5.74) is -1.65. The molecule has 13 heteroatoms. The monoisotopic (exact) mass is 484 g/mol. The van der Waals surface area contributed by atoms with E-state index in [1.807, 2.05) is 0 Å². The number of aromatic nitrogens is 3. The number of alkyl halides is 6. The van der Waals surface area contributed by atoms with E-state index in [0.29, 0.717) is 13.0 Å². The smallest absolute Gasteiger partial charge is 0.391 e. The molecular formula is C21H18F6N6O. The highest BCUT2D eigenvalue weighted by molar-refractivity contribution is 5.60. The highest BCUT2D eigenvalue weighted by Gasteiger charge is 2.31. The number of aliphatic hydroxyl groups is 1. The van der Waals surface area contributed by atoms with Crippen LogP contribution < -0.4 is 15.5 Å². The van der Waals surface area contributed by atoms with E-state index in [4.69, 9.17) is 0 Å². The summed E-state index contributed by atoms with van der Waals surface area (Å²) in [6, 6.07) is 8.78. The van der Waals surface area contributed by atoms with Gasteiger partial charge in [-0.25, -0.2) is 0 Å². The maximum absolute atomic E-state index is 13.0. The molecule has 180 valence electrons. The molecule has 0 amide bonds. The number of benzene rings is 2. The summed E-state index contributed by atoms with van der Waals surface area (Å²) in [5, 5.41) is 15.2. The average molecular weight is 484 g/mol. The largest absolute Gasteiger partial charge is 0.416 e. The lowest BCUT2D eigenvalue weighted by Gasteiger charge is -2.18. The first-order valence-corrected chi connectivity index (χ1v) is 10.0. The van der Waals surface area contributed by atoms with Gasteiger partial charge in [-0.2, -0.15) is 41.3 Å². The first kappa shape index (κ1) is 23.5. The number of rotatable bonds is 5. The molecule has 1 aliphatic rings. The number of β-amino-alcohol motifs (C(OH)–C–C–N with tert-alkyl or cyclic N) is 1. The number of halogens is 6. The average Bonchev–Trinajstić information content (AvgIpc) is 3.19. The maximum Gasteiger partial charge on any atom is 0.416 e. The van der Waals surface area contributed by atoms with Crippen LogP contribution in [0.3, 0.4) is 0 Å². The Balaban J connectivity index is 1.66. The van der Waals surface area contributed by atoms with Crippen LogP contribution in [0.4, 0.5) is 55.6 Å². The lowest BCUT2D eigenvalue weighted by atomic mass is 10.2. The summed E-state index contributed by atoms with van der Waals surface area (Å²) >= 11 is 0. The molecule has 0 saturated carbocycles. The molecule has 34 heavy (non-hydrogen) atoms. The molecule has 4 rings (SSSR count). The molecule has 7 nitrogen and oxygen atoms in total. The van der Waals surface area contributed by atoms with Crippen LogP contribution in [0.5, 0.6) is 0 Å². The normalized spacial score (nSPS) is 16.6. The summed E-state index contributed by atoms with van der Waals surface area (Å²) in [6.07, 6.45) is -9.26. The van der Waals surface area contributed by atoms with Gasteiger partial charge in [-0.3, -0.25) is 0 Å². The molecule has 0 radical (unpaired) electrons. The van der Waals surface area contributed by atoms with Crippen LogP contribution in [0.25, 0.3) is 0 Å². The van der Waals surface area contributed by atoms with Crippen LogP contribution in [0.2, 0.25) is 0 Å². The van der Waals surface area contributed by atoms with Gasteiger partial charge in [0.1, 0.15) is 0 Å². The predicted octanol–water partition coefficient (Wildman–Crippen LogP) is 4.97. The molecule has 3 aromatic rings. The number of hydrogen-bond donors (Lipinski definition) is 3. The van der Waals surface area contributed by atoms with Gasteiger partial charge in [0.25, 0.3) is 0 Å². The minimum atomic E-state index is -4.55. The van der Waals surface area contributed by atoms with Crippen LogP contribution in [0.1, 0.15) is 17.5 Å². The Bertz CT molecular complexity index is 1090. The Hall–Kier alpha value is -3.61. The van der Waals surface area contributed by atoms with E-state index in [-0.39, 0.29) is 35.8 Å². The van der Waals surface area contributed by atoms with E-state index in [0.717, 1.165) is 24.3 Å². The second-order valence-electron chi connectivity index (χ2n) is 7.58. The summed E-state index contributed by atoms with van der Waals surface area (Å²) < 4.78 is 78.3. The molecule has 1 atom stereocenters. The maximum atomic E-state index is 13.0. The quantitative estimate of drug-likeness (QED) is 0.441. The minimum Gasteiger partial charge on any atom is -0.391 e. The Morgan fingerprint density at radius 1 is 0.794 bits per heavy atom. The summed E-state index contributed by atoms with van der Waals surface area (Å²) in [6.45, 7) is 0.632. The molecule has 0 unspecified atom stereocenters. The molecule has 0 bridgehead atoms. The third-order valence-corrected chi connectivity index (χ3v) is 4.96. The number of aliphatic hydroxyl groups excluding tert-OH is 1. The lowest BCUT2D eigenvalue weighted by Crippen LogP contribution is -2.24. The Kier molecular flexibility index (Phi) is 6.21. The standard InChI is InChI=1S/C21H18F6N6O/c22-20(23,24)12-3-1-5-14(9-12)28-17-30-18(32-19(31-17)33-8-7-16(34)11-33)29-15-6-2-4-13(10-15)21(25,26)27/h1-6,9-10,16,34H,7-8,11H2,(H2,28,29,30,31,32)/t16-/m0/s1. The van der Waals surface area contributed by atoms with Crippen LogP contribution >= 0.6 is 0 Å². The number of anilines is 5. The van der Waals surface area contributed by atoms with Gasteiger partial charge in [-0.05, 0) is 42.8 Å². The summed E-state index contributed by atoms with van der Waals surface area (Å²) in [4.78, 5) is 14.2. The third-order valence-electron chi connectivity index (χ3n) is 4.96. The zero-order valence-electron chi connectivity index (χ0n) is 17.3. The van der Waals surface area contributed by atoms with Crippen molar-refractivity contribution in [3.8, 4) is 0 Å². The zero-order valence-corrected chi connectivity index (χ0v) is 17.3. The number of nitrogens with zero attached hydrogens (tertiary/aromatic N) is 4. The van der Waals surface area contributed by atoms with Crippen molar-refractivity contribution in [1.82, 2.24) is 15.0 Å². The topological polar surface area (TPSA) is 86.2 Å². The van der Waals surface area contributed by atoms with Crippen molar-refractivity contribution in [2.75, 3.05) is 28.6 Å². The summed E-state index contributed by atoms with van der Waals surface area (Å²) in [7, 11) is 0. The fourth-order valence-corrected chi connectivity index (χ4v) is 3.35. The van der Waals surface area contributed by atoms with E-state index in [9.17, 15) is 31.4 Å². The molecule has 3 N–H and O–H groups in total. The molecule has 1 saturated heterocycles. The van der Waals surface area contributed by atoms with Gasteiger partial charge in [0.15, 0.2) is 0 Å². The van der Waals surface area contributed by atoms with E-state index in [1.165, 1.54) is 24.3 Å². The molecule has 1 aliphatic heterocycles. The van der Waals surface area contributed by atoms with Crippen molar-refractivity contribution in [2.45, 2.75) is 24.9 Å². The van der Waals surface area contributed by atoms with Crippen molar-refractivity contribution >= 4 is 29.2 Å². The van der Waals surface area contributed by atoms with Crippen LogP contribution in [-0.4, -0.2) is 39.3 Å². The Morgan fingerprint density at radius 3 is 1.71 bits per heavy atom. The molecule has 2 aromatic carbocycles. The molecule has 0 spiro atoms. The van der Waals surface area contributed by atoms with Crippen LogP contribution in [0.15, 0.2) is 48.5 Å². The second-order valence-corrected chi connectivity index (χ2v) is 7.58. The second kappa shape index (κ2) is 8.97. The van der Waals surface area contributed by atoms with Crippen LogP contribution in [0, 0.1) is 0 Å². The predicted molar refractivity (Wildman–Crippen MR) is 112 cm³/mol. The Morgan fingerprint density at radius 2 is 1.29 bits per heavy atom. The van der Waals surface area contributed by atoms with E-state index in [1.54, 1.807) is 4.90 Å².